The van der Waals surface area contributed by atoms with Gasteiger partial charge in [-0.05, 0) is 44.0 Å². The molecule has 2 aromatic rings. The van der Waals surface area contributed by atoms with Crippen LogP contribution in [-0.2, 0) is 4.79 Å². The fourth-order valence-corrected chi connectivity index (χ4v) is 2.43. The smallest absolute Gasteiger partial charge is 0.267 e. The molecule has 1 aromatic heterocycles. The number of nitrogens with one attached hydrogen (secondary N) is 1. The molecule has 1 atom stereocenters. The van der Waals surface area contributed by atoms with Crippen molar-refractivity contribution in [3.05, 3.63) is 57.2 Å². The second-order valence-corrected chi connectivity index (χ2v) is 6.02. The quantitative estimate of drug-likeness (QED) is 0.933. The van der Waals surface area contributed by atoms with Crippen molar-refractivity contribution >= 4 is 23.2 Å². The van der Waals surface area contributed by atoms with Crippen LogP contribution in [-0.4, -0.2) is 15.7 Å². The minimum atomic E-state index is -0.787. The first-order chi connectivity index (χ1) is 11.0. The molecule has 1 aromatic carbocycles. The molecule has 1 aliphatic carbocycles. The predicted molar refractivity (Wildman–Crippen MR) is 85.2 cm³/mol. The topological polar surface area (TPSA) is 64.0 Å². The minimum absolute atomic E-state index is 0.0820. The van der Waals surface area contributed by atoms with Crippen LogP contribution in [0.5, 0.6) is 0 Å². The van der Waals surface area contributed by atoms with E-state index in [2.05, 4.69) is 10.4 Å². The van der Waals surface area contributed by atoms with E-state index in [1.165, 1.54) is 28.9 Å². The Morgan fingerprint density at radius 2 is 2.13 bits per heavy atom. The third kappa shape index (κ3) is 3.42. The Labute approximate surface area is 137 Å². The van der Waals surface area contributed by atoms with E-state index >= 15 is 0 Å². The van der Waals surface area contributed by atoms with Crippen LogP contribution in [0, 0.1) is 5.82 Å². The Bertz CT molecular complexity index is 817. The van der Waals surface area contributed by atoms with Gasteiger partial charge in [-0.15, -0.1) is 0 Å². The lowest BCUT2D eigenvalue weighted by Crippen LogP contribution is -2.33. The van der Waals surface area contributed by atoms with E-state index < -0.39 is 17.8 Å². The molecule has 1 amide bonds. The van der Waals surface area contributed by atoms with E-state index in [0.717, 1.165) is 18.5 Å². The fourth-order valence-electron chi connectivity index (χ4n) is 2.25. The summed E-state index contributed by atoms with van der Waals surface area (Å²) in [7, 11) is 0. The van der Waals surface area contributed by atoms with Gasteiger partial charge in [0.2, 0.25) is 5.91 Å². The Morgan fingerprint density at radius 3 is 2.78 bits per heavy atom. The van der Waals surface area contributed by atoms with Crippen molar-refractivity contribution in [1.29, 1.82) is 0 Å². The van der Waals surface area contributed by atoms with Crippen molar-refractivity contribution in [3.63, 3.8) is 0 Å². The summed E-state index contributed by atoms with van der Waals surface area (Å²) in [6.45, 7) is 1.59. The van der Waals surface area contributed by atoms with E-state index in [1.54, 1.807) is 13.0 Å². The Balaban J connectivity index is 1.80. The molecule has 7 heteroatoms. The highest BCUT2D eigenvalue weighted by atomic mass is 35.5. The van der Waals surface area contributed by atoms with E-state index in [9.17, 15) is 14.0 Å². The highest BCUT2D eigenvalue weighted by Gasteiger charge is 2.27. The zero-order valence-corrected chi connectivity index (χ0v) is 13.2. The zero-order chi connectivity index (χ0) is 16.6. The summed E-state index contributed by atoms with van der Waals surface area (Å²) >= 11 is 5.69. The van der Waals surface area contributed by atoms with Gasteiger partial charge in [0, 0.05) is 17.7 Å². The van der Waals surface area contributed by atoms with Gasteiger partial charge in [-0.1, -0.05) is 11.6 Å². The lowest BCUT2D eigenvalue weighted by molar-refractivity contribution is -0.119. The van der Waals surface area contributed by atoms with E-state index in [4.69, 9.17) is 11.6 Å². The van der Waals surface area contributed by atoms with Crippen molar-refractivity contribution < 1.29 is 9.18 Å². The molecule has 0 saturated heterocycles. The van der Waals surface area contributed by atoms with Crippen molar-refractivity contribution in [2.45, 2.75) is 31.7 Å². The van der Waals surface area contributed by atoms with Crippen LogP contribution in [0.2, 0.25) is 5.02 Å². The summed E-state index contributed by atoms with van der Waals surface area (Å²) in [6, 6.07) is 6.24. The van der Waals surface area contributed by atoms with Gasteiger partial charge in [-0.3, -0.25) is 9.59 Å². The molecule has 0 radical (unpaired) electrons. The second-order valence-electron chi connectivity index (χ2n) is 5.61. The lowest BCUT2D eigenvalue weighted by atomic mass is 10.2. The van der Waals surface area contributed by atoms with Crippen LogP contribution in [0.15, 0.2) is 35.1 Å². The van der Waals surface area contributed by atoms with Crippen molar-refractivity contribution in [2.75, 3.05) is 5.32 Å². The lowest BCUT2D eigenvalue weighted by Gasteiger charge is -2.15. The molecule has 1 saturated carbocycles. The number of rotatable bonds is 4. The number of carbonyl (C=O) groups is 1. The van der Waals surface area contributed by atoms with Crippen LogP contribution >= 0.6 is 11.6 Å². The molecular weight excluding hydrogens is 321 g/mol. The number of nitrogens with zero attached hydrogens (tertiary/aromatic N) is 2. The summed E-state index contributed by atoms with van der Waals surface area (Å²) in [6.07, 6.45) is 2.11. The fraction of sp³-hybridized carbons (Fsp3) is 0.312. The van der Waals surface area contributed by atoms with Crippen LogP contribution in [0.1, 0.15) is 37.4 Å². The molecule has 0 aliphatic heterocycles. The average molecular weight is 336 g/mol. The summed E-state index contributed by atoms with van der Waals surface area (Å²) < 4.78 is 14.3. The number of benzene rings is 1. The summed E-state index contributed by atoms with van der Waals surface area (Å²) in [5, 5.41) is 6.81. The SMILES string of the molecule is C[C@H](C(=O)Nc1ccc(F)c(Cl)c1)n1nc(C2CC2)ccc1=O. The van der Waals surface area contributed by atoms with Gasteiger partial charge in [-0.25, -0.2) is 9.07 Å². The number of hydrogen-bond donors (Lipinski definition) is 1. The first-order valence-corrected chi connectivity index (χ1v) is 7.69. The Hall–Kier alpha value is -2.21. The van der Waals surface area contributed by atoms with Crippen molar-refractivity contribution in [2.24, 2.45) is 0 Å². The maximum atomic E-state index is 13.1. The minimum Gasteiger partial charge on any atom is -0.324 e. The average Bonchev–Trinajstić information content (AvgIpc) is 3.35. The first-order valence-electron chi connectivity index (χ1n) is 7.31. The van der Waals surface area contributed by atoms with Crippen LogP contribution in [0.25, 0.3) is 0 Å². The van der Waals surface area contributed by atoms with E-state index in [-0.39, 0.29) is 10.6 Å². The highest BCUT2D eigenvalue weighted by Crippen LogP contribution is 2.38. The predicted octanol–water partition coefficient (Wildman–Crippen LogP) is 3.11. The molecule has 23 heavy (non-hydrogen) atoms. The zero-order valence-electron chi connectivity index (χ0n) is 12.4. The molecule has 3 rings (SSSR count). The van der Waals surface area contributed by atoms with Gasteiger partial charge in [0.1, 0.15) is 11.9 Å². The molecule has 120 valence electrons. The Kier molecular flexibility index (Phi) is 4.17. The summed E-state index contributed by atoms with van der Waals surface area (Å²) in [5.74, 6) is -0.601. The third-order valence-corrected chi connectivity index (χ3v) is 4.06. The monoisotopic (exact) mass is 335 g/mol. The number of halogens is 2. The molecule has 5 nitrogen and oxygen atoms in total. The number of aromatic nitrogens is 2. The van der Waals surface area contributed by atoms with E-state index in [0.29, 0.717) is 11.6 Å². The standard InChI is InChI=1S/C16H15ClFN3O2/c1-9(16(23)19-11-4-5-13(18)12(17)8-11)21-15(22)7-6-14(20-21)10-2-3-10/h4-10H,2-3H2,1H3,(H,19,23)/t9-/m1/s1. The molecule has 0 bridgehead atoms. The Morgan fingerprint density at radius 1 is 1.39 bits per heavy atom. The van der Waals surface area contributed by atoms with Crippen molar-refractivity contribution in [1.82, 2.24) is 9.78 Å². The molecule has 0 spiro atoms. The number of anilines is 1. The maximum absolute atomic E-state index is 13.1. The van der Waals surface area contributed by atoms with Crippen LogP contribution < -0.4 is 10.9 Å². The normalized spacial score (nSPS) is 15.3. The molecule has 1 aliphatic rings. The van der Waals surface area contributed by atoms with Gasteiger partial charge in [0.15, 0.2) is 0 Å². The van der Waals surface area contributed by atoms with Gasteiger partial charge in [-0.2, -0.15) is 5.10 Å². The van der Waals surface area contributed by atoms with Gasteiger partial charge in [0.05, 0.1) is 10.7 Å². The molecule has 1 fully saturated rings. The number of hydrogen-bond acceptors (Lipinski definition) is 3. The summed E-state index contributed by atoms with van der Waals surface area (Å²) in [4.78, 5) is 24.3. The molecule has 1 N–H and O–H groups in total. The molecule has 1 heterocycles. The molecule has 0 unspecified atom stereocenters. The largest absolute Gasteiger partial charge is 0.324 e. The van der Waals surface area contributed by atoms with Crippen molar-refractivity contribution in [3.8, 4) is 0 Å². The molecular formula is C16H15ClFN3O2. The van der Waals surface area contributed by atoms with Gasteiger partial charge < -0.3 is 5.32 Å². The van der Waals surface area contributed by atoms with Crippen LogP contribution in [0.3, 0.4) is 0 Å². The number of carbonyl (C=O) groups excluding carboxylic acids is 1. The third-order valence-electron chi connectivity index (χ3n) is 3.77. The maximum Gasteiger partial charge on any atom is 0.267 e. The highest BCUT2D eigenvalue weighted by molar-refractivity contribution is 6.31. The van der Waals surface area contributed by atoms with Crippen LogP contribution in [0.4, 0.5) is 10.1 Å². The van der Waals surface area contributed by atoms with E-state index in [1.807, 2.05) is 0 Å². The number of amides is 1. The second kappa shape index (κ2) is 6.12. The first kappa shape index (κ1) is 15.7. The van der Waals surface area contributed by atoms with Gasteiger partial charge >= 0.3 is 0 Å². The summed E-state index contributed by atoms with van der Waals surface area (Å²) in [5.41, 5.74) is 0.850. The van der Waals surface area contributed by atoms with Gasteiger partial charge in [0.25, 0.3) is 5.56 Å².